The van der Waals surface area contributed by atoms with E-state index >= 15 is 0 Å². The second-order valence-corrected chi connectivity index (χ2v) is 6.92. The van der Waals surface area contributed by atoms with E-state index in [1.165, 1.54) is 24.3 Å². The SMILES string of the molecule is CCOC(=O)c1ccccc1NS(=O)(=O)c1ccc(Br)cc1. The van der Waals surface area contributed by atoms with Gasteiger partial charge in [0.2, 0.25) is 0 Å². The number of esters is 1. The van der Waals surface area contributed by atoms with Gasteiger partial charge in [-0.25, -0.2) is 13.2 Å². The summed E-state index contributed by atoms with van der Waals surface area (Å²) in [5.74, 6) is -0.573. The largest absolute Gasteiger partial charge is 0.462 e. The Bertz CT molecular complexity index is 772. The highest BCUT2D eigenvalue weighted by Crippen LogP contribution is 2.22. The zero-order valence-electron chi connectivity index (χ0n) is 11.7. The lowest BCUT2D eigenvalue weighted by Crippen LogP contribution is -2.16. The van der Waals surface area contributed by atoms with Gasteiger partial charge in [-0.15, -0.1) is 0 Å². The summed E-state index contributed by atoms with van der Waals surface area (Å²) >= 11 is 3.25. The third kappa shape index (κ3) is 3.86. The standard InChI is InChI=1S/C15H14BrNO4S/c1-2-21-15(18)13-5-3-4-6-14(13)17-22(19,20)12-9-7-11(16)8-10-12/h3-10,17H,2H2,1H3. The summed E-state index contributed by atoms with van der Waals surface area (Å²) in [6.45, 7) is 1.90. The quantitative estimate of drug-likeness (QED) is 0.802. The van der Waals surface area contributed by atoms with Gasteiger partial charge in [0.05, 0.1) is 22.8 Å². The van der Waals surface area contributed by atoms with Gasteiger partial charge >= 0.3 is 5.97 Å². The third-order valence-corrected chi connectivity index (χ3v) is 4.70. The number of benzene rings is 2. The molecule has 0 radical (unpaired) electrons. The lowest BCUT2D eigenvalue weighted by molar-refractivity contribution is 0.0527. The van der Waals surface area contributed by atoms with Crippen molar-refractivity contribution >= 4 is 37.6 Å². The van der Waals surface area contributed by atoms with Gasteiger partial charge in [-0.3, -0.25) is 4.72 Å². The van der Waals surface area contributed by atoms with Crippen LogP contribution in [0.1, 0.15) is 17.3 Å². The summed E-state index contributed by atoms with van der Waals surface area (Å²) in [6, 6.07) is 12.5. The van der Waals surface area contributed by atoms with Crippen LogP contribution in [0.4, 0.5) is 5.69 Å². The number of nitrogens with one attached hydrogen (secondary N) is 1. The van der Waals surface area contributed by atoms with Gasteiger partial charge in [-0.2, -0.15) is 0 Å². The highest BCUT2D eigenvalue weighted by molar-refractivity contribution is 9.10. The number of para-hydroxylation sites is 1. The second kappa shape index (κ2) is 6.93. The van der Waals surface area contributed by atoms with Crippen LogP contribution in [0.2, 0.25) is 0 Å². The molecule has 0 saturated carbocycles. The Hall–Kier alpha value is -1.86. The normalized spacial score (nSPS) is 11.0. The van der Waals surface area contributed by atoms with E-state index in [0.29, 0.717) is 0 Å². The van der Waals surface area contributed by atoms with E-state index in [-0.39, 0.29) is 22.8 Å². The van der Waals surface area contributed by atoms with Crippen LogP contribution in [-0.4, -0.2) is 21.0 Å². The topological polar surface area (TPSA) is 72.5 Å². The molecule has 0 aromatic heterocycles. The minimum Gasteiger partial charge on any atom is -0.462 e. The average molecular weight is 384 g/mol. The van der Waals surface area contributed by atoms with Crippen LogP contribution in [0.15, 0.2) is 57.9 Å². The van der Waals surface area contributed by atoms with Crippen LogP contribution in [0.3, 0.4) is 0 Å². The Morgan fingerprint density at radius 2 is 1.77 bits per heavy atom. The lowest BCUT2D eigenvalue weighted by Gasteiger charge is -2.12. The van der Waals surface area contributed by atoms with E-state index in [4.69, 9.17) is 4.74 Å². The number of hydrogen-bond acceptors (Lipinski definition) is 4. The number of carbonyl (C=O) groups excluding carboxylic acids is 1. The van der Waals surface area contributed by atoms with Gasteiger partial charge < -0.3 is 4.74 Å². The fraction of sp³-hybridized carbons (Fsp3) is 0.133. The number of halogens is 1. The minimum atomic E-state index is -3.78. The third-order valence-electron chi connectivity index (χ3n) is 2.79. The fourth-order valence-corrected chi connectivity index (χ4v) is 3.12. The number of carbonyl (C=O) groups is 1. The van der Waals surface area contributed by atoms with Crippen molar-refractivity contribution in [3.63, 3.8) is 0 Å². The molecule has 5 nitrogen and oxygen atoms in total. The molecule has 0 aliphatic rings. The molecular weight excluding hydrogens is 370 g/mol. The van der Waals surface area contributed by atoms with Crippen molar-refractivity contribution in [2.24, 2.45) is 0 Å². The zero-order valence-corrected chi connectivity index (χ0v) is 14.1. The molecule has 116 valence electrons. The van der Waals surface area contributed by atoms with Crippen molar-refractivity contribution in [2.45, 2.75) is 11.8 Å². The molecule has 0 unspecified atom stereocenters. The maximum atomic E-state index is 12.4. The Labute approximate surface area is 137 Å². The first-order valence-electron chi connectivity index (χ1n) is 6.48. The van der Waals surface area contributed by atoms with Gasteiger partial charge in [0.25, 0.3) is 10.0 Å². The van der Waals surface area contributed by atoms with E-state index in [1.807, 2.05) is 0 Å². The molecule has 0 aliphatic carbocycles. The van der Waals surface area contributed by atoms with E-state index in [0.717, 1.165) is 4.47 Å². The smallest absolute Gasteiger partial charge is 0.340 e. The number of rotatable bonds is 5. The van der Waals surface area contributed by atoms with Gasteiger partial charge in [-0.05, 0) is 43.3 Å². The summed E-state index contributed by atoms with van der Waals surface area (Å²) in [5.41, 5.74) is 0.355. The second-order valence-electron chi connectivity index (χ2n) is 4.33. The maximum absolute atomic E-state index is 12.4. The van der Waals surface area contributed by atoms with Crippen molar-refractivity contribution in [1.29, 1.82) is 0 Å². The van der Waals surface area contributed by atoms with Crippen LogP contribution in [-0.2, 0) is 14.8 Å². The molecular formula is C15H14BrNO4S. The Morgan fingerprint density at radius 1 is 1.14 bits per heavy atom. The molecule has 0 aliphatic heterocycles. The Balaban J connectivity index is 2.34. The molecule has 2 rings (SSSR count). The number of sulfonamides is 1. The van der Waals surface area contributed by atoms with Gasteiger partial charge in [0, 0.05) is 4.47 Å². The molecule has 2 aromatic carbocycles. The molecule has 7 heteroatoms. The minimum absolute atomic E-state index is 0.106. The first-order chi connectivity index (χ1) is 10.4. The molecule has 0 atom stereocenters. The molecule has 0 spiro atoms. The van der Waals surface area contributed by atoms with Crippen LogP contribution >= 0.6 is 15.9 Å². The first kappa shape index (κ1) is 16.5. The Kier molecular flexibility index (Phi) is 5.20. The summed E-state index contributed by atoms with van der Waals surface area (Å²) < 4.78 is 32.9. The van der Waals surface area contributed by atoms with E-state index in [9.17, 15) is 13.2 Å². The first-order valence-corrected chi connectivity index (χ1v) is 8.76. The van der Waals surface area contributed by atoms with Crippen LogP contribution in [0, 0.1) is 0 Å². The van der Waals surface area contributed by atoms with Crippen LogP contribution in [0.25, 0.3) is 0 Å². The van der Waals surface area contributed by atoms with Crippen molar-refractivity contribution in [1.82, 2.24) is 0 Å². The number of ether oxygens (including phenoxy) is 1. The highest BCUT2D eigenvalue weighted by atomic mass is 79.9. The van der Waals surface area contributed by atoms with Gasteiger partial charge in [0.15, 0.2) is 0 Å². The number of hydrogen-bond donors (Lipinski definition) is 1. The maximum Gasteiger partial charge on any atom is 0.340 e. The zero-order chi connectivity index (χ0) is 16.2. The van der Waals surface area contributed by atoms with E-state index < -0.39 is 16.0 Å². The summed E-state index contributed by atoms with van der Waals surface area (Å²) in [6.07, 6.45) is 0. The van der Waals surface area contributed by atoms with Crippen molar-refractivity contribution < 1.29 is 17.9 Å². The summed E-state index contributed by atoms with van der Waals surface area (Å²) in [4.78, 5) is 12.0. The lowest BCUT2D eigenvalue weighted by atomic mass is 10.2. The Morgan fingerprint density at radius 3 is 2.41 bits per heavy atom. The molecule has 0 heterocycles. The van der Waals surface area contributed by atoms with Crippen molar-refractivity contribution in [2.75, 3.05) is 11.3 Å². The van der Waals surface area contributed by atoms with Crippen molar-refractivity contribution in [3.05, 3.63) is 58.6 Å². The molecule has 0 fully saturated rings. The van der Waals surface area contributed by atoms with Gasteiger partial charge in [0.1, 0.15) is 0 Å². The van der Waals surface area contributed by atoms with E-state index in [2.05, 4.69) is 20.7 Å². The van der Waals surface area contributed by atoms with Gasteiger partial charge in [-0.1, -0.05) is 28.1 Å². The van der Waals surface area contributed by atoms with Crippen LogP contribution in [0.5, 0.6) is 0 Å². The molecule has 1 N–H and O–H groups in total. The molecule has 0 saturated heterocycles. The highest BCUT2D eigenvalue weighted by Gasteiger charge is 2.19. The van der Waals surface area contributed by atoms with Crippen LogP contribution < -0.4 is 4.72 Å². The summed E-state index contributed by atoms with van der Waals surface area (Å²) in [5, 5.41) is 0. The summed E-state index contributed by atoms with van der Waals surface area (Å²) in [7, 11) is -3.78. The molecule has 0 amide bonds. The predicted octanol–water partition coefficient (Wildman–Crippen LogP) is 3.43. The fourth-order valence-electron chi connectivity index (χ4n) is 1.78. The average Bonchev–Trinajstić information content (AvgIpc) is 2.48. The predicted molar refractivity (Wildman–Crippen MR) is 87.3 cm³/mol. The molecule has 22 heavy (non-hydrogen) atoms. The van der Waals surface area contributed by atoms with E-state index in [1.54, 1.807) is 31.2 Å². The molecule has 2 aromatic rings. The monoisotopic (exact) mass is 383 g/mol. The molecule has 0 bridgehead atoms. The number of anilines is 1. The van der Waals surface area contributed by atoms with Crippen molar-refractivity contribution in [3.8, 4) is 0 Å².